The summed E-state index contributed by atoms with van der Waals surface area (Å²) >= 11 is 0. The van der Waals surface area contributed by atoms with Crippen LogP contribution in [0.15, 0.2) is 53.8 Å². The van der Waals surface area contributed by atoms with E-state index in [1.807, 2.05) is 42.5 Å². The highest BCUT2D eigenvalue weighted by molar-refractivity contribution is 6.10. The number of carbonyl (C=O) groups is 2. The Balaban J connectivity index is 2.20. The highest BCUT2D eigenvalue weighted by Gasteiger charge is 2.44. The van der Waals surface area contributed by atoms with E-state index < -0.39 is 17.7 Å². The first kappa shape index (κ1) is 18.2. The third-order valence-corrected chi connectivity index (χ3v) is 4.96. The van der Waals surface area contributed by atoms with Crippen molar-refractivity contribution < 1.29 is 14.7 Å². The number of hydrogen-bond acceptors (Lipinski definition) is 3. The Hall–Kier alpha value is -2.62. The molecule has 0 aliphatic carbocycles. The molecule has 0 saturated heterocycles. The van der Waals surface area contributed by atoms with Crippen molar-refractivity contribution in [2.45, 2.75) is 39.7 Å². The fraction of sp³-hybridized carbons (Fsp3) is 0.364. The third kappa shape index (κ3) is 3.00. The van der Waals surface area contributed by atoms with Crippen LogP contribution in [-0.4, -0.2) is 28.2 Å². The van der Waals surface area contributed by atoms with Gasteiger partial charge in [-0.05, 0) is 22.8 Å². The van der Waals surface area contributed by atoms with Crippen LogP contribution in [0.5, 0.6) is 0 Å². The summed E-state index contributed by atoms with van der Waals surface area (Å²) in [5.41, 5.74) is 1.12. The first-order chi connectivity index (χ1) is 12.5. The zero-order valence-corrected chi connectivity index (χ0v) is 15.5. The van der Waals surface area contributed by atoms with Gasteiger partial charge in [-0.3, -0.25) is 9.59 Å². The third-order valence-electron chi connectivity index (χ3n) is 4.96. The number of nitrogens with zero attached hydrogens (tertiary/aromatic N) is 1. The van der Waals surface area contributed by atoms with Gasteiger partial charge in [0.25, 0.3) is 5.91 Å². The van der Waals surface area contributed by atoms with Gasteiger partial charge < -0.3 is 10.0 Å². The summed E-state index contributed by atoms with van der Waals surface area (Å²) in [6, 6.07) is 13.3. The maximum atomic E-state index is 12.8. The van der Waals surface area contributed by atoms with Crippen LogP contribution < -0.4 is 0 Å². The second-order valence-electron chi connectivity index (χ2n) is 7.10. The van der Waals surface area contributed by atoms with Gasteiger partial charge in [0.05, 0.1) is 11.6 Å². The molecular formula is C22H25NO3. The van der Waals surface area contributed by atoms with E-state index in [-0.39, 0.29) is 17.3 Å². The van der Waals surface area contributed by atoms with Crippen molar-refractivity contribution >= 4 is 22.5 Å². The average molecular weight is 351 g/mol. The van der Waals surface area contributed by atoms with E-state index in [0.29, 0.717) is 6.54 Å². The normalized spacial score (nSPS) is 17.6. The van der Waals surface area contributed by atoms with Crippen LogP contribution in [0.1, 0.15) is 45.2 Å². The minimum absolute atomic E-state index is 0.173. The standard InChI is InChI=1S/C22H25NO3/c1-4-5-13-23-19(18(20(24)14(2)3)21(25)22(23)26)17-12-8-10-15-9-6-7-11-16(15)17/h6-12,14,19,25H,4-5,13H2,1-3H3. The van der Waals surface area contributed by atoms with Crippen molar-refractivity contribution in [1.29, 1.82) is 0 Å². The molecule has 0 radical (unpaired) electrons. The quantitative estimate of drug-likeness (QED) is 0.830. The minimum atomic E-state index is -0.532. The monoisotopic (exact) mass is 351 g/mol. The van der Waals surface area contributed by atoms with Crippen molar-refractivity contribution in [3.8, 4) is 0 Å². The smallest absolute Gasteiger partial charge is 0.290 e. The summed E-state index contributed by atoms with van der Waals surface area (Å²) in [6.45, 7) is 6.16. The van der Waals surface area contributed by atoms with Gasteiger partial charge in [-0.25, -0.2) is 0 Å². The highest BCUT2D eigenvalue weighted by Crippen LogP contribution is 2.41. The number of unbranched alkanes of at least 4 members (excludes halogenated alkanes) is 1. The maximum Gasteiger partial charge on any atom is 0.290 e. The summed E-state index contributed by atoms with van der Waals surface area (Å²) in [5, 5.41) is 12.6. The molecule has 1 unspecified atom stereocenters. The number of Topliss-reactive ketones (excluding diaryl/α,β-unsaturated/α-hetero) is 1. The van der Waals surface area contributed by atoms with Gasteiger partial charge in [0.15, 0.2) is 11.5 Å². The summed E-state index contributed by atoms with van der Waals surface area (Å²) in [7, 11) is 0. The van der Waals surface area contributed by atoms with Crippen LogP contribution in [-0.2, 0) is 9.59 Å². The molecule has 1 atom stereocenters. The predicted octanol–water partition coefficient (Wildman–Crippen LogP) is 4.56. The Morgan fingerprint density at radius 2 is 1.85 bits per heavy atom. The molecule has 1 heterocycles. The number of benzene rings is 2. The topological polar surface area (TPSA) is 57.6 Å². The van der Waals surface area contributed by atoms with Crippen molar-refractivity contribution in [3.05, 3.63) is 59.4 Å². The van der Waals surface area contributed by atoms with Crippen molar-refractivity contribution in [2.75, 3.05) is 6.54 Å². The molecule has 1 amide bonds. The Morgan fingerprint density at radius 1 is 1.15 bits per heavy atom. The van der Waals surface area contributed by atoms with Crippen LogP contribution in [0.25, 0.3) is 10.8 Å². The fourth-order valence-electron chi connectivity index (χ4n) is 3.59. The molecule has 2 aromatic rings. The lowest BCUT2D eigenvalue weighted by Gasteiger charge is -2.28. The van der Waals surface area contributed by atoms with E-state index in [1.54, 1.807) is 18.7 Å². The minimum Gasteiger partial charge on any atom is -0.503 e. The van der Waals surface area contributed by atoms with Crippen LogP contribution >= 0.6 is 0 Å². The summed E-state index contributed by atoms with van der Waals surface area (Å²) in [4.78, 5) is 27.2. The van der Waals surface area contributed by atoms with E-state index in [2.05, 4.69) is 6.92 Å². The second kappa shape index (κ2) is 7.32. The molecule has 4 nitrogen and oxygen atoms in total. The lowest BCUT2D eigenvalue weighted by atomic mass is 9.89. The van der Waals surface area contributed by atoms with Crippen molar-refractivity contribution in [2.24, 2.45) is 5.92 Å². The van der Waals surface area contributed by atoms with E-state index in [4.69, 9.17) is 0 Å². The zero-order chi connectivity index (χ0) is 18.8. The van der Waals surface area contributed by atoms with E-state index >= 15 is 0 Å². The molecule has 1 N–H and O–H groups in total. The molecule has 0 saturated carbocycles. The number of amides is 1. The van der Waals surface area contributed by atoms with E-state index in [1.165, 1.54) is 0 Å². The molecule has 0 bridgehead atoms. The van der Waals surface area contributed by atoms with Crippen LogP contribution in [0.2, 0.25) is 0 Å². The number of aliphatic hydroxyl groups excluding tert-OH is 1. The van der Waals surface area contributed by atoms with Crippen molar-refractivity contribution in [1.82, 2.24) is 4.90 Å². The molecule has 136 valence electrons. The number of hydrogen-bond donors (Lipinski definition) is 1. The predicted molar refractivity (Wildman–Crippen MR) is 103 cm³/mol. The lowest BCUT2D eigenvalue weighted by molar-refractivity contribution is -0.129. The Morgan fingerprint density at radius 3 is 2.54 bits per heavy atom. The Kier molecular flexibility index (Phi) is 5.12. The van der Waals surface area contributed by atoms with E-state index in [0.717, 1.165) is 29.2 Å². The molecule has 4 heteroatoms. The van der Waals surface area contributed by atoms with Gasteiger partial charge in [-0.15, -0.1) is 0 Å². The SMILES string of the molecule is CCCCN1C(=O)C(O)=C(C(=O)C(C)C)C1c1cccc2ccccc12. The van der Waals surface area contributed by atoms with Crippen LogP contribution in [0.3, 0.4) is 0 Å². The van der Waals surface area contributed by atoms with Gasteiger partial charge in [0.1, 0.15) is 0 Å². The molecule has 1 aliphatic heterocycles. The molecule has 0 fully saturated rings. The number of aliphatic hydroxyl groups is 1. The van der Waals surface area contributed by atoms with Crippen molar-refractivity contribution in [3.63, 3.8) is 0 Å². The molecule has 2 aromatic carbocycles. The Labute approximate surface area is 154 Å². The Bertz CT molecular complexity index is 877. The largest absolute Gasteiger partial charge is 0.503 e. The van der Waals surface area contributed by atoms with Gasteiger partial charge in [0.2, 0.25) is 0 Å². The highest BCUT2D eigenvalue weighted by atomic mass is 16.3. The maximum absolute atomic E-state index is 12.8. The summed E-state index contributed by atoms with van der Waals surface area (Å²) in [5.74, 6) is -1.30. The van der Waals surface area contributed by atoms with Crippen LogP contribution in [0, 0.1) is 5.92 Å². The molecule has 26 heavy (non-hydrogen) atoms. The number of ketones is 1. The first-order valence-electron chi connectivity index (χ1n) is 9.23. The molecular weight excluding hydrogens is 326 g/mol. The molecule has 3 rings (SSSR count). The second-order valence-corrected chi connectivity index (χ2v) is 7.10. The van der Waals surface area contributed by atoms with Gasteiger partial charge >= 0.3 is 0 Å². The summed E-state index contributed by atoms with van der Waals surface area (Å²) in [6.07, 6.45) is 1.75. The first-order valence-corrected chi connectivity index (χ1v) is 9.23. The zero-order valence-electron chi connectivity index (χ0n) is 15.5. The van der Waals surface area contributed by atoms with Crippen LogP contribution in [0.4, 0.5) is 0 Å². The number of rotatable bonds is 6. The lowest BCUT2D eigenvalue weighted by Crippen LogP contribution is -2.32. The fourth-order valence-corrected chi connectivity index (χ4v) is 3.59. The number of carbonyl (C=O) groups excluding carboxylic acids is 2. The average Bonchev–Trinajstić information content (AvgIpc) is 2.89. The molecule has 1 aliphatic rings. The molecule has 0 spiro atoms. The van der Waals surface area contributed by atoms with Gasteiger partial charge in [0, 0.05) is 12.5 Å². The van der Waals surface area contributed by atoms with E-state index in [9.17, 15) is 14.7 Å². The van der Waals surface area contributed by atoms with Gasteiger partial charge in [-0.1, -0.05) is 69.7 Å². The van der Waals surface area contributed by atoms with Gasteiger partial charge in [-0.2, -0.15) is 0 Å². The summed E-state index contributed by atoms with van der Waals surface area (Å²) < 4.78 is 0. The number of fused-ring (bicyclic) bond motifs is 1. The molecule has 0 aromatic heterocycles.